The molecule has 0 radical (unpaired) electrons. The third kappa shape index (κ3) is 6.19. The first-order valence-electron chi connectivity index (χ1n) is 13.5. The predicted octanol–water partition coefficient (Wildman–Crippen LogP) is 4.10. The second-order valence-electron chi connectivity index (χ2n) is 10.3. The predicted molar refractivity (Wildman–Crippen MR) is 151 cm³/mol. The molecule has 0 spiro atoms. The Morgan fingerprint density at radius 2 is 1.87 bits per heavy atom. The highest BCUT2D eigenvalue weighted by Gasteiger charge is 2.54. The number of carbonyl (C=O) groups is 2. The second-order valence-corrected chi connectivity index (χ2v) is 11.2. The van der Waals surface area contributed by atoms with Gasteiger partial charge in [-0.2, -0.15) is 0 Å². The van der Waals surface area contributed by atoms with E-state index in [2.05, 4.69) is 20.4 Å². The summed E-state index contributed by atoms with van der Waals surface area (Å²) in [5.41, 5.74) is 1.41. The molecule has 2 amide bonds. The molecule has 2 N–H and O–H groups in total. The van der Waals surface area contributed by atoms with Gasteiger partial charge in [0.25, 0.3) is 0 Å². The monoisotopic (exact) mass is 575 g/mol. The minimum atomic E-state index is -1.05. The highest BCUT2D eigenvalue weighted by atomic mass is 35.5. The maximum Gasteiger partial charge on any atom is 0.427 e. The molecule has 3 aliphatic rings. The maximum absolute atomic E-state index is 13.9. The minimum Gasteiger partial charge on any atom is -0.383 e. The standard InChI is InChI=1S/C28H35Cl2N5O4/c1-38-16-15-33-11-13-34(14-12-33)39-27(37)32-25-7-2-3-10-35(25)28(19-20-5-4-6-21(29)17-20)23-9-8-22(30)18-24(23)31-26(28)36/h4-6,8-9,17-18,25H,2-3,7,10-16,19H2,1H3,(H,31,36)(H,32,37)/t25?,28-/m0/s1. The van der Waals surface area contributed by atoms with Crippen molar-refractivity contribution in [2.24, 2.45) is 0 Å². The quantitative estimate of drug-likeness (QED) is 0.490. The fourth-order valence-corrected chi connectivity index (χ4v) is 6.30. The number of nitrogens with zero attached hydrogens (tertiary/aromatic N) is 3. The molecule has 0 aromatic heterocycles. The van der Waals surface area contributed by atoms with E-state index < -0.39 is 11.6 Å². The minimum absolute atomic E-state index is 0.144. The Morgan fingerprint density at radius 1 is 1.08 bits per heavy atom. The Labute approximate surface area is 239 Å². The molecule has 9 nitrogen and oxygen atoms in total. The lowest BCUT2D eigenvalue weighted by Gasteiger charge is -2.47. The number of carbonyl (C=O) groups excluding carboxylic acids is 2. The molecule has 0 saturated carbocycles. The molecule has 39 heavy (non-hydrogen) atoms. The fourth-order valence-electron chi connectivity index (χ4n) is 5.92. The zero-order valence-electron chi connectivity index (χ0n) is 22.1. The summed E-state index contributed by atoms with van der Waals surface area (Å²) in [5.74, 6) is -0.144. The number of anilines is 1. The Kier molecular flexibility index (Phi) is 8.96. The number of nitrogens with one attached hydrogen (secondary N) is 2. The highest BCUT2D eigenvalue weighted by Crippen LogP contribution is 2.46. The average Bonchev–Trinajstić information content (AvgIpc) is 3.19. The van der Waals surface area contributed by atoms with Gasteiger partial charge in [-0.25, -0.2) is 4.79 Å². The molecular weight excluding hydrogens is 541 g/mol. The number of rotatable bonds is 8. The summed E-state index contributed by atoms with van der Waals surface area (Å²) in [5, 5.41) is 8.99. The molecule has 5 rings (SSSR count). The zero-order valence-corrected chi connectivity index (χ0v) is 23.6. The lowest BCUT2D eigenvalue weighted by Crippen LogP contribution is -2.63. The van der Waals surface area contributed by atoms with Crippen molar-refractivity contribution < 1.29 is 19.2 Å². The van der Waals surface area contributed by atoms with E-state index in [1.54, 1.807) is 24.3 Å². The van der Waals surface area contributed by atoms with Crippen LogP contribution in [0, 0.1) is 0 Å². The van der Waals surface area contributed by atoms with Gasteiger partial charge in [-0.15, -0.1) is 5.06 Å². The van der Waals surface area contributed by atoms with Crippen LogP contribution in [-0.2, 0) is 26.3 Å². The number of likely N-dealkylation sites (tertiary alicyclic amines) is 1. The number of piperidine rings is 1. The van der Waals surface area contributed by atoms with Crippen molar-refractivity contribution >= 4 is 40.9 Å². The van der Waals surface area contributed by atoms with Crippen LogP contribution in [0.25, 0.3) is 0 Å². The highest BCUT2D eigenvalue weighted by molar-refractivity contribution is 6.31. The topological polar surface area (TPSA) is 86.4 Å². The van der Waals surface area contributed by atoms with E-state index in [4.69, 9.17) is 32.8 Å². The van der Waals surface area contributed by atoms with Gasteiger partial charge >= 0.3 is 6.09 Å². The molecule has 1 unspecified atom stereocenters. The number of amides is 2. The van der Waals surface area contributed by atoms with Crippen LogP contribution in [0.15, 0.2) is 42.5 Å². The van der Waals surface area contributed by atoms with Gasteiger partial charge in [0.15, 0.2) is 0 Å². The summed E-state index contributed by atoms with van der Waals surface area (Å²) in [7, 11) is 1.69. The van der Waals surface area contributed by atoms with Crippen molar-refractivity contribution in [2.45, 2.75) is 37.4 Å². The summed E-state index contributed by atoms with van der Waals surface area (Å²) in [6.07, 6.45) is 2.04. The van der Waals surface area contributed by atoms with E-state index in [1.807, 2.05) is 30.3 Å². The van der Waals surface area contributed by atoms with Gasteiger partial charge in [0.2, 0.25) is 5.91 Å². The van der Waals surface area contributed by atoms with Gasteiger partial charge in [-0.1, -0.05) is 41.4 Å². The van der Waals surface area contributed by atoms with Crippen molar-refractivity contribution in [2.75, 3.05) is 58.3 Å². The number of hydroxylamine groups is 2. The Balaban J connectivity index is 1.37. The van der Waals surface area contributed by atoms with Crippen LogP contribution >= 0.6 is 23.2 Å². The van der Waals surface area contributed by atoms with Crippen molar-refractivity contribution in [3.8, 4) is 0 Å². The third-order valence-corrected chi connectivity index (χ3v) is 8.30. The molecule has 2 aromatic rings. The first-order chi connectivity index (χ1) is 18.9. The molecule has 3 heterocycles. The van der Waals surface area contributed by atoms with Crippen molar-refractivity contribution in [3.63, 3.8) is 0 Å². The van der Waals surface area contributed by atoms with Crippen molar-refractivity contribution in [1.82, 2.24) is 20.2 Å². The zero-order chi connectivity index (χ0) is 27.4. The summed E-state index contributed by atoms with van der Waals surface area (Å²) < 4.78 is 5.16. The third-order valence-electron chi connectivity index (χ3n) is 7.83. The van der Waals surface area contributed by atoms with Crippen LogP contribution in [0.5, 0.6) is 0 Å². The summed E-state index contributed by atoms with van der Waals surface area (Å²) >= 11 is 12.6. The van der Waals surface area contributed by atoms with Crippen LogP contribution in [0.4, 0.5) is 10.5 Å². The second kappa shape index (κ2) is 12.4. The van der Waals surface area contributed by atoms with Crippen LogP contribution in [0.3, 0.4) is 0 Å². The molecule has 11 heteroatoms. The van der Waals surface area contributed by atoms with Gasteiger partial charge in [-0.05, 0) is 49.1 Å². The molecule has 0 aliphatic carbocycles. The lowest BCUT2D eigenvalue weighted by atomic mass is 9.81. The smallest absolute Gasteiger partial charge is 0.383 e. The average molecular weight is 577 g/mol. The summed E-state index contributed by atoms with van der Waals surface area (Å²) in [6, 6.07) is 13.1. The Bertz CT molecular complexity index is 1190. The van der Waals surface area contributed by atoms with Gasteiger partial charge in [-0.3, -0.25) is 14.6 Å². The summed E-state index contributed by atoms with van der Waals surface area (Å²) in [6.45, 7) is 5.03. The number of hydrogen-bond donors (Lipinski definition) is 2. The van der Waals surface area contributed by atoms with Crippen LogP contribution in [0.1, 0.15) is 30.4 Å². The van der Waals surface area contributed by atoms with Gasteiger partial charge < -0.3 is 20.2 Å². The first-order valence-corrected chi connectivity index (χ1v) is 14.2. The van der Waals surface area contributed by atoms with Gasteiger partial charge in [0.05, 0.1) is 12.8 Å². The molecule has 2 atom stereocenters. The van der Waals surface area contributed by atoms with Crippen LogP contribution < -0.4 is 10.6 Å². The molecular formula is C28H35Cl2N5O4. The fraction of sp³-hybridized carbons (Fsp3) is 0.500. The van der Waals surface area contributed by atoms with E-state index in [0.29, 0.717) is 54.8 Å². The van der Waals surface area contributed by atoms with E-state index in [9.17, 15) is 9.59 Å². The SMILES string of the molecule is COCCN1CCN(OC(=O)NC2CCCCN2[C@]2(Cc3cccc(Cl)c3)C(=O)Nc3cc(Cl)ccc32)CC1. The number of ether oxygens (including phenoxy) is 1. The Hall–Kier alpha value is -2.40. The van der Waals surface area contributed by atoms with E-state index in [0.717, 1.165) is 43.6 Å². The van der Waals surface area contributed by atoms with Gasteiger partial charge in [0, 0.05) is 74.1 Å². The molecule has 2 aromatic carbocycles. The van der Waals surface area contributed by atoms with E-state index >= 15 is 0 Å². The molecule has 3 aliphatic heterocycles. The summed E-state index contributed by atoms with van der Waals surface area (Å²) in [4.78, 5) is 37.1. The van der Waals surface area contributed by atoms with Crippen molar-refractivity contribution in [3.05, 3.63) is 63.6 Å². The number of hydrogen-bond acceptors (Lipinski definition) is 7. The largest absolute Gasteiger partial charge is 0.427 e. The van der Waals surface area contributed by atoms with Crippen molar-refractivity contribution in [1.29, 1.82) is 0 Å². The molecule has 210 valence electrons. The maximum atomic E-state index is 13.9. The molecule has 2 saturated heterocycles. The van der Waals surface area contributed by atoms with Crippen LogP contribution in [0.2, 0.25) is 10.0 Å². The first kappa shape index (κ1) is 28.1. The number of halogens is 2. The normalized spacial score (nSPS) is 24.3. The molecule has 2 fully saturated rings. The number of methoxy groups -OCH3 is 1. The van der Waals surface area contributed by atoms with E-state index in [-0.39, 0.29) is 12.1 Å². The molecule has 0 bridgehead atoms. The number of fused-ring (bicyclic) bond motifs is 1. The Morgan fingerprint density at radius 3 is 2.64 bits per heavy atom. The lowest BCUT2D eigenvalue weighted by molar-refractivity contribution is -0.136. The number of piperazine rings is 1. The van der Waals surface area contributed by atoms with E-state index in [1.165, 1.54) is 0 Å². The van der Waals surface area contributed by atoms with Crippen LogP contribution in [-0.4, -0.2) is 86.0 Å². The number of benzene rings is 2. The van der Waals surface area contributed by atoms with Gasteiger partial charge in [0.1, 0.15) is 5.54 Å².